The molecule has 1 spiro atoms. The summed E-state index contributed by atoms with van der Waals surface area (Å²) in [4.78, 5) is 10.7. The smallest absolute Gasteiger partial charge is 0.346 e. The number of carbonyl (C=O) groups excluding carboxylic acids is 1. The first-order chi connectivity index (χ1) is 7.91. The lowest BCUT2D eigenvalue weighted by molar-refractivity contribution is -0.262. The molecule has 0 saturated carbocycles. The van der Waals surface area contributed by atoms with Gasteiger partial charge in [0.1, 0.15) is 0 Å². The van der Waals surface area contributed by atoms with Gasteiger partial charge in [0.2, 0.25) is 0 Å². The van der Waals surface area contributed by atoms with Crippen molar-refractivity contribution in [2.75, 3.05) is 26.3 Å². The Balaban J connectivity index is 1.81. The summed E-state index contributed by atoms with van der Waals surface area (Å²) in [5.74, 6) is -2.69. The zero-order valence-electron chi connectivity index (χ0n) is 8.97. The van der Waals surface area contributed by atoms with Crippen molar-refractivity contribution < 1.29 is 27.4 Å². The van der Waals surface area contributed by atoms with Crippen molar-refractivity contribution in [3.05, 3.63) is 0 Å². The van der Waals surface area contributed by atoms with E-state index in [1.807, 2.05) is 5.32 Å². The normalized spacial score (nSPS) is 33.9. The van der Waals surface area contributed by atoms with E-state index in [9.17, 15) is 18.0 Å². The van der Waals surface area contributed by atoms with Gasteiger partial charge in [0.15, 0.2) is 5.79 Å². The fourth-order valence-electron chi connectivity index (χ4n) is 1.84. The number of hydrogen-bond donors (Lipinski definition) is 2. The lowest BCUT2D eigenvalue weighted by Crippen LogP contribution is -2.55. The van der Waals surface area contributed by atoms with Gasteiger partial charge < -0.3 is 20.1 Å². The third kappa shape index (κ3) is 2.88. The van der Waals surface area contributed by atoms with Gasteiger partial charge in [-0.15, -0.1) is 0 Å². The van der Waals surface area contributed by atoms with Crippen LogP contribution in [0, 0.1) is 0 Å². The Morgan fingerprint density at radius 1 is 1.35 bits per heavy atom. The van der Waals surface area contributed by atoms with E-state index in [2.05, 4.69) is 5.32 Å². The van der Waals surface area contributed by atoms with Gasteiger partial charge in [-0.05, 0) is 0 Å². The third-order valence-corrected chi connectivity index (χ3v) is 2.76. The molecule has 2 saturated heterocycles. The highest BCUT2D eigenvalue weighted by atomic mass is 19.4. The molecule has 2 aliphatic rings. The summed E-state index contributed by atoms with van der Waals surface area (Å²) < 4.78 is 46.8. The van der Waals surface area contributed by atoms with Gasteiger partial charge in [-0.3, -0.25) is 4.79 Å². The minimum absolute atomic E-state index is 0.0312. The van der Waals surface area contributed by atoms with Crippen LogP contribution in [0.15, 0.2) is 0 Å². The molecule has 0 radical (unpaired) electrons. The molecule has 98 valence electrons. The predicted octanol–water partition coefficient (Wildman–Crippen LogP) is -0.230. The van der Waals surface area contributed by atoms with Crippen molar-refractivity contribution in [1.29, 1.82) is 0 Å². The van der Waals surface area contributed by atoms with Crippen LogP contribution in [0.25, 0.3) is 0 Å². The standard InChI is InChI=1S/C9H13F3N2O3/c10-9(11,12)7(15)14-6-3-16-8(17-4-6)1-2-13-5-8/h6,13H,1-5H2,(H,14,15). The second-order valence-electron chi connectivity index (χ2n) is 4.13. The second kappa shape index (κ2) is 4.43. The molecule has 0 aliphatic carbocycles. The van der Waals surface area contributed by atoms with Crippen LogP contribution in [0.4, 0.5) is 13.2 Å². The molecule has 0 unspecified atom stereocenters. The zero-order chi connectivity index (χ0) is 12.5. The second-order valence-corrected chi connectivity index (χ2v) is 4.13. The predicted molar refractivity (Wildman–Crippen MR) is 50.1 cm³/mol. The lowest BCUT2D eigenvalue weighted by Gasteiger charge is -2.37. The average molecular weight is 254 g/mol. The third-order valence-electron chi connectivity index (χ3n) is 2.76. The van der Waals surface area contributed by atoms with Crippen molar-refractivity contribution in [3.63, 3.8) is 0 Å². The molecular formula is C9H13F3N2O3. The fraction of sp³-hybridized carbons (Fsp3) is 0.889. The van der Waals surface area contributed by atoms with Gasteiger partial charge in [0, 0.05) is 19.5 Å². The highest BCUT2D eigenvalue weighted by Crippen LogP contribution is 2.25. The Labute approximate surface area is 95.6 Å². The van der Waals surface area contributed by atoms with Crippen molar-refractivity contribution in [1.82, 2.24) is 10.6 Å². The first kappa shape index (κ1) is 12.6. The molecule has 2 aliphatic heterocycles. The van der Waals surface area contributed by atoms with Gasteiger partial charge in [-0.25, -0.2) is 0 Å². The van der Waals surface area contributed by atoms with Gasteiger partial charge >= 0.3 is 12.1 Å². The summed E-state index contributed by atoms with van der Waals surface area (Å²) in [6.45, 7) is 1.33. The molecule has 0 aromatic heterocycles. The quantitative estimate of drug-likeness (QED) is 0.678. The molecule has 2 N–H and O–H groups in total. The van der Waals surface area contributed by atoms with Gasteiger partial charge in [-0.1, -0.05) is 0 Å². The summed E-state index contributed by atoms with van der Waals surface area (Å²) in [5.41, 5.74) is 0. The molecule has 1 amide bonds. The molecule has 0 aromatic carbocycles. The van der Waals surface area contributed by atoms with Crippen LogP contribution in [0.1, 0.15) is 6.42 Å². The number of rotatable bonds is 1. The SMILES string of the molecule is O=C(NC1COC2(CCNC2)OC1)C(F)(F)F. The Morgan fingerprint density at radius 2 is 2.00 bits per heavy atom. The first-order valence-electron chi connectivity index (χ1n) is 5.28. The lowest BCUT2D eigenvalue weighted by atomic mass is 10.2. The largest absolute Gasteiger partial charge is 0.471 e. The molecule has 0 bridgehead atoms. The molecule has 17 heavy (non-hydrogen) atoms. The summed E-state index contributed by atoms with van der Waals surface area (Å²) >= 11 is 0. The Bertz CT molecular complexity index is 292. The maximum absolute atomic E-state index is 12.0. The van der Waals surface area contributed by atoms with Crippen LogP contribution in [-0.2, 0) is 14.3 Å². The van der Waals surface area contributed by atoms with Crippen molar-refractivity contribution in [2.45, 2.75) is 24.4 Å². The Kier molecular flexibility index (Phi) is 3.28. The van der Waals surface area contributed by atoms with Gasteiger partial charge in [0.05, 0.1) is 19.3 Å². The minimum Gasteiger partial charge on any atom is -0.346 e. The number of halogens is 3. The number of carbonyl (C=O) groups is 1. The number of alkyl halides is 3. The summed E-state index contributed by atoms with van der Waals surface area (Å²) in [6.07, 6.45) is -4.21. The zero-order valence-corrected chi connectivity index (χ0v) is 8.97. The van der Waals surface area contributed by atoms with Crippen LogP contribution in [0.5, 0.6) is 0 Å². The van der Waals surface area contributed by atoms with E-state index in [0.717, 1.165) is 6.54 Å². The van der Waals surface area contributed by atoms with E-state index in [1.165, 1.54) is 0 Å². The van der Waals surface area contributed by atoms with Crippen molar-refractivity contribution in [3.8, 4) is 0 Å². The molecule has 0 aromatic rings. The maximum atomic E-state index is 12.0. The minimum atomic E-state index is -4.87. The molecule has 2 rings (SSSR count). The van der Waals surface area contributed by atoms with Gasteiger partial charge in [0.25, 0.3) is 0 Å². The van der Waals surface area contributed by atoms with E-state index < -0.39 is 23.9 Å². The average Bonchev–Trinajstić information content (AvgIpc) is 2.69. The number of nitrogens with one attached hydrogen (secondary N) is 2. The topological polar surface area (TPSA) is 59.6 Å². The number of hydrogen-bond acceptors (Lipinski definition) is 4. The number of ether oxygens (including phenoxy) is 2. The van der Waals surface area contributed by atoms with Crippen LogP contribution in [0.2, 0.25) is 0 Å². The first-order valence-corrected chi connectivity index (χ1v) is 5.28. The van der Waals surface area contributed by atoms with E-state index in [4.69, 9.17) is 9.47 Å². The molecule has 2 heterocycles. The summed E-state index contributed by atoms with van der Waals surface area (Å²) in [5, 5.41) is 4.88. The van der Waals surface area contributed by atoms with Crippen LogP contribution >= 0.6 is 0 Å². The van der Waals surface area contributed by atoms with Crippen molar-refractivity contribution >= 4 is 5.91 Å². The van der Waals surface area contributed by atoms with E-state index in [0.29, 0.717) is 13.0 Å². The monoisotopic (exact) mass is 254 g/mol. The highest BCUT2D eigenvalue weighted by molar-refractivity contribution is 5.81. The van der Waals surface area contributed by atoms with E-state index in [1.54, 1.807) is 0 Å². The number of amides is 1. The van der Waals surface area contributed by atoms with E-state index >= 15 is 0 Å². The Morgan fingerprint density at radius 3 is 2.47 bits per heavy atom. The molecule has 5 nitrogen and oxygen atoms in total. The molecule has 0 atom stereocenters. The Hall–Kier alpha value is -0.860. The summed E-state index contributed by atoms with van der Waals surface area (Å²) in [6, 6.07) is -0.754. The van der Waals surface area contributed by atoms with E-state index in [-0.39, 0.29) is 13.2 Å². The molecule has 2 fully saturated rings. The molecule has 8 heteroatoms. The van der Waals surface area contributed by atoms with Crippen LogP contribution in [-0.4, -0.2) is 50.2 Å². The van der Waals surface area contributed by atoms with Crippen LogP contribution in [0.3, 0.4) is 0 Å². The highest BCUT2D eigenvalue weighted by Gasteiger charge is 2.44. The van der Waals surface area contributed by atoms with Crippen LogP contribution < -0.4 is 10.6 Å². The maximum Gasteiger partial charge on any atom is 0.471 e. The fourth-order valence-corrected chi connectivity index (χ4v) is 1.84. The summed E-state index contributed by atoms with van der Waals surface area (Å²) in [7, 11) is 0. The van der Waals surface area contributed by atoms with Crippen molar-refractivity contribution in [2.24, 2.45) is 0 Å². The van der Waals surface area contributed by atoms with Gasteiger partial charge in [-0.2, -0.15) is 13.2 Å². The molecular weight excluding hydrogens is 241 g/mol.